The van der Waals surface area contributed by atoms with E-state index in [4.69, 9.17) is 0 Å². The van der Waals surface area contributed by atoms with Crippen LogP contribution in [0.15, 0.2) is 53.7 Å². The molecule has 1 N–H and O–H groups in total. The van der Waals surface area contributed by atoms with Gasteiger partial charge in [0, 0.05) is 19.3 Å². The zero-order valence-electron chi connectivity index (χ0n) is 13.8. The Hall–Kier alpha value is -2.59. The normalized spacial score (nSPS) is 16.0. The smallest absolute Gasteiger partial charge is 0.506 e. The molecule has 0 saturated heterocycles. The second kappa shape index (κ2) is 7.20. The molecule has 3 rings (SSSR count). The fourth-order valence-corrected chi connectivity index (χ4v) is 4.08. The van der Waals surface area contributed by atoms with Crippen LogP contribution < -0.4 is 4.74 Å². The van der Waals surface area contributed by atoms with E-state index in [-0.39, 0.29) is 23.7 Å². The van der Waals surface area contributed by atoms with E-state index in [1.54, 1.807) is 18.3 Å². The number of nitrogens with zero attached hydrogens (tertiary/aromatic N) is 2. The first-order valence-electron chi connectivity index (χ1n) is 7.84. The molecule has 1 aliphatic rings. The van der Waals surface area contributed by atoms with Crippen molar-refractivity contribution >= 4 is 15.6 Å². The summed E-state index contributed by atoms with van der Waals surface area (Å²) in [6, 6.07) is 5.62. The molecule has 0 bridgehead atoms. The topological polar surface area (TPSA) is 79.7 Å². The summed E-state index contributed by atoms with van der Waals surface area (Å²) in [5.41, 5.74) is 1.57. The molecule has 27 heavy (non-hydrogen) atoms. The zero-order valence-corrected chi connectivity index (χ0v) is 14.7. The summed E-state index contributed by atoms with van der Waals surface area (Å²) in [6.45, 7) is 0.304. The van der Waals surface area contributed by atoms with Crippen LogP contribution in [0.2, 0.25) is 0 Å². The Bertz CT molecular complexity index is 957. The quantitative estimate of drug-likeness (QED) is 0.853. The molecular weight excluding hydrogens is 385 g/mol. The lowest BCUT2D eigenvalue weighted by Crippen LogP contribution is -2.34. The number of sulfonamides is 1. The number of aromatic nitrogens is 1. The number of rotatable bonds is 4. The maximum absolute atomic E-state index is 12.7. The summed E-state index contributed by atoms with van der Waals surface area (Å²) in [5.74, 6) is -0.469. The highest BCUT2D eigenvalue weighted by atomic mass is 32.2. The van der Waals surface area contributed by atoms with Gasteiger partial charge in [0.05, 0.1) is 11.1 Å². The van der Waals surface area contributed by atoms with Crippen molar-refractivity contribution in [2.24, 2.45) is 0 Å². The number of ether oxygens (including phenoxy) is 1. The first-order chi connectivity index (χ1) is 12.6. The highest BCUT2D eigenvalue weighted by molar-refractivity contribution is 7.89. The van der Waals surface area contributed by atoms with Gasteiger partial charge >= 0.3 is 6.36 Å². The van der Waals surface area contributed by atoms with Crippen molar-refractivity contribution in [3.05, 3.63) is 54.4 Å². The van der Waals surface area contributed by atoms with E-state index < -0.39 is 22.1 Å². The lowest BCUT2D eigenvalue weighted by molar-refractivity contribution is -0.274. The molecular formula is C17H15F3N2O4S. The minimum absolute atomic E-state index is 0.0182. The number of halogens is 3. The predicted octanol–water partition coefficient (Wildman–Crippen LogP) is 3.16. The van der Waals surface area contributed by atoms with Crippen molar-refractivity contribution in [3.8, 4) is 11.5 Å². The summed E-state index contributed by atoms with van der Waals surface area (Å²) in [4.78, 5) is 3.78. The van der Waals surface area contributed by atoms with Gasteiger partial charge in [-0.3, -0.25) is 4.98 Å². The van der Waals surface area contributed by atoms with Gasteiger partial charge in [0.25, 0.3) is 0 Å². The molecule has 1 aromatic carbocycles. The summed E-state index contributed by atoms with van der Waals surface area (Å²) < 4.78 is 66.9. The molecule has 1 aliphatic heterocycles. The molecule has 0 amide bonds. The van der Waals surface area contributed by atoms with Crippen LogP contribution in [0.5, 0.6) is 11.5 Å². The summed E-state index contributed by atoms with van der Waals surface area (Å²) in [5, 5.41) is 9.49. The lowest BCUT2D eigenvalue weighted by atomic mass is 10.0. The molecule has 0 saturated carbocycles. The van der Waals surface area contributed by atoms with Gasteiger partial charge in [-0.25, -0.2) is 8.42 Å². The molecule has 0 aliphatic carbocycles. The number of benzene rings is 1. The van der Waals surface area contributed by atoms with Crippen LogP contribution in [-0.4, -0.2) is 42.3 Å². The largest absolute Gasteiger partial charge is 0.573 e. The molecule has 0 unspecified atom stereocenters. The van der Waals surface area contributed by atoms with Crippen LogP contribution in [0.25, 0.3) is 5.57 Å². The lowest BCUT2D eigenvalue weighted by Gasteiger charge is -2.26. The van der Waals surface area contributed by atoms with E-state index in [0.717, 1.165) is 29.8 Å². The third-order valence-electron chi connectivity index (χ3n) is 3.96. The molecule has 0 fully saturated rings. The van der Waals surface area contributed by atoms with Gasteiger partial charge in [-0.15, -0.1) is 13.2 Å². The van der Waals surface area contributed by atoms with E-state index in [2.05, 4.69) is 9.72 Å². The highest BCUT2D eigenvalue weighted by Gasteiger charge is 2.31. The van der Waals surface area contributed by atoms with E-state index in [0.29, 0.717) is 12.0 Å². The Morgan fingerprint density at radius 1 is 1.15 bits per heavy atom. The summed E-state index contributed by atoms with van der Waals surface area (Å²) >= 11 is 0. The molecule has 144 valence electrons. The minimum Gasteiger partial charge on any atom is -0.506 e. The average Bonchev–Trinajstić information content (AvgIpc) is 2.61. The number of hydrogen-bond donors (Lipinski definition) is 1. The van der Waals surface area contributed by atoms with Gasteiger partial charge in [-0.05, 0) is 47.9 Å². The maximum atomic E-state index is 12.7. The molecule has 2 aromatic rings. The number of alkyl halides is 3. The van der Waals surface area contributed by atoms with Crippen molar-refractivity contribution in [3.63, 3.8) is 0 Å². The standard InChI is InChI=1S/C17H15F3N2O4S/c18-17(19,20)26-15-1-3-16(4-2-15)27(24,25)22-7-5-12(6-8-22)13-9-14(23)11-21-10-13/h1-5,9-11,23H,6-8H2. The first-order valence-corrected chi connectivity index (χ1v) is 9.28. The van der Waals surface area contributed by atoms with E-state index in [1.165, 1.54) is 10.5 Å². The second-order valence-electron chi connectivity index (χ2n) is 5.79. The number of hydrogen-bond acceptors (Lipinski definition) is 5. The van der Waals surface area contributed by atoms with Crippen LogP contribution in [0.1, 0.15) is 12.0 Å². The molecule has 10 heteroatoms. The van der Waals surface area contributed by atoms with E-state index in [9.17, 15) is 26.7 Å². The Balaban J connectivity index is 1.75. The van der Waals surface area contributed by atoms with Crippen molar-refractivity contribution in [2.45, 2.75) is 17.7 Å². The monoisotopic (exact) mass is 400 g/mol. The minimum atomic E-state index is -4.84. The van der Waals surface area contributed by atoms with Crippen LogP contribution in [0, 0.1) is 0 Å². The van der Waals surface area contributed by atoms with Gasteiger partial charge in [0.2, 0.25) is 10.0 Å². The van der Waals surface area contributed by atoms with Gasteiger partial charge in [-0.1, -0.05) is 6.08 Å². The van der Waals surface area contributed by atoms with E-state index >= 15 is 0 Å². The van der Waals surface area contributed by atoms with Gasteiger partial charge in [-0.2, -0.15) is 4.31 Å². The summed E-state index contributed by atoms with van der Waals surface area (Å²) in [6.07, 6.45) is 0.179. The summed E-state index contributed by atoms with van der Waals surface area (Å²) in [7, 11) is -3.85. The van der Waals surface area contributed by atoms with Crippen LogP contribution in [0.4, 0.5) is 13.2 Å². The highest BCUT2D eigenvalue weighted by Crippen LogP contribution is 2.28. The predicted molar refractivity (Wildman–Crippen MR) is 90.4 cm³/mol. The molecule has 1 aromatic heterocycles. The Morgan fingerprint density at radius 2 is 1.85 bits per heavy atom. The fraction of sp³-hybridized carbons (Fsp3) is 0.235. The van der Waals surface area contributed by atoms with Crippen LogP contribution in [-0.2, 0) is 10.0 Å². The Labute approximate surface area is 153 Å². The van der Waals surface area contributed by atoms with Gasteiger partial charge in [0.1, 0.15) is 11.5 Å². The van der Waals surface area contributed by atoms with Gasteiger partial charge in [0.15, 0.2) is 0 Å². The number of aromatic hydroxyl groups is 1. The zero-order chi connectivity index (χ0) is 19.7. The van der Waals surface area contributed by atoms with E-state index in [1.807, 2.05) is 0 Å². The van der Waals surface area contributed by atoms with Crippen molar-refractivity contribution in [2.75, 3.05) is 13.1 Å². The van der Waals surface area contributed by atoms with Crippen LogP contribution in [0.3, 0.4) is 0 Å². The van der Waals surface area contributed by atoms with Crippen LogP contribution >= 0.6 is 0 Å². The Kier molecular flexibility index (Phi) is 5.11. The fourth-order valence-electron chi connectivity index (χ4n) is 2.70. The SMILES string of the molecule is O=S(=O)(c1ccc(OC(F)(F)F)cc1)N1CC=C(c2cncc(O)c2)CC1. The van der Waals surface area contributed by atoms with Crippen molar-refractivity contribution < 1.29 is 31.4 Å². The Morgan fingerprint density at radius 3 is 2.41 bits per heavy atom. The third-order valence-corrected chi connectivity index (χ3v) is 5.84. The average molecular weight is 400 g/mol. The third kappa shape index (κ3) is 4.58. The number of pyridine rings is 1. The van der Waals surface area contributed by atoms with Gasteiger partial charge < -0.3 is 9.84 Å². The maximum Gasteiger partial charge on any atom is 0.573 e. The van der Waals surface area contributed by atoms with Crippen molar-refractivity contribution in [1.82, 2.24) is 9.29 Å². The van der Waals surface area contributed by atoms with Crippen molar-refractivity contribution in [1.29, 1.82) is 0 Å². The molecule has 0 atom stereocenters. The molecule has 0 radical (unpaired) electrons. The molecule has 2 heterocycles. The molecule has 6 nitrogen and oxygen atoms in total. The molecule has 0 spiro atoms. The first kappa shape index (κ1) is 19.2. The second-order valence-corrected chi connectivity index (χ2v) is 7.73.